The Bertz CT molecular complexity index is 917. The highest BCUT2D eigenvalue weighted by molar-refractivity contribution is 7.15. The van der Waals surface area contributed by atoms with Crippen molar-refractivity contribution in [2.24, 2.45) is 0 Å². The van der Waals surface area contributed by atoms with Crippen molar-refractivity contribution in [2.75, 3.05) is 0 Å². The molecule has 0 unspecified atom stereocenters. The molecule has 1 aromatic carbocycles. The Hall–Kier alpha value is -2.48. The summed E-state index contributed by atoms with van der Waals surface area (Å²) in [5.41, 5.74) is 0.297. The number of aromatic nitrogens is 2. The molecule has 3 aromatic rings. The number of benzene rings is 1. The maximum atomic E-state index is 14.3. The molecule has 1 aliphatic carbocycles. The molecule has 2 heterocycles. The fourth-order valence-corrected chi connectivity index (χ4v) is 4.33. The Morgan fingerprint density at radius 2 is 2.12 bits per heavy atom. The number of imidazole rings is 1. The van der Waals surface area contributed by atoms with E-state index in [1.807, 2.05) is 22.2 Å². The van der Waals surface area contributed by atoms with Gasteiger partial charge in [0.05, 0.1) is 17.8 Å². The van der Waals surface area contributed by atoms with E-state index < -0.39 is 17.2 Å². The van der Waals surface area contributed by atoms with E-state index in [9.17, 15) is 13.6 Å². The molecule has 0 bridgehead atoms. The summed E-state index contributed by atoms with van der Waals surface area (Å²) in [7, 11) is 0. The summed E-state index contributed by atoms with van der Waals surface area (Å²) in [6.45, 7) is 0.280. The highest BCUT2D eigenvalue weighted by atomic mass is 32.1. The third-order valence-electron chi connectivity index (χ3n) is 4.83. The Morgan fingerprint density at radius 1 is 1.31 bits per heavy atom. The molecule has 8 heteroatoms. The van der Waals surface area contributed by atoms with Crippen molar-refractivity contribution < 1.29 is 13.6 Å². The highest BCUT2D eigenvalue weighted by Crippen LogP contribution is 2.40. The minimum Gasteiger partial charge on any atom is -0.332 e. The number of hydrogen-bond acceptors (Lipinski definition) is 3. The number of halogens is 2. The van der Waals surface area contributed by atoms with Crippen molar-refractivity contribution in [3.63, 3.8) is 0 Å². The summed E-state index contributed by atoms with van der Waals surface area (Å²) in [4.78, 5) is 17.7. The Kier molecular flexibility index (Phi) is 4.36. The molecule has 5 nitrogen and oxygen atoms in total. The van der Waals surface area contributed by atoms with Crippen LogP contribution in [-0.2, 0) is 12.1 Å². The van der Waals surface area contributed by atoms with Crippen molar-refractivity contribution >= 4 is 22.3 Å². The molecular weight excluding hydrogens is 358 g/mol. The van der Waals surface area contributed by atoms with Gasteiger partial charge in [0.2, 0.25) is 0 Å². The minimum atomic E-state index is -0.795. The molecule has 1 fully saturated rings. The first-order valence-corrected chi connectivity index (χ1v) is 9.36. The molecule has 2 amide bonds. The lowest BCUT2D eigenvalue weighted by molar-refractivity contribution is 0.223. The van der Waals surface area contributed by atoms with Gasteiger partial charge in [0.15, 0.2) is 4.96 Å². The van der Waals surface area contributed by atoms with Crippen LogP contribution < -0.4 is 10.6 Å². The molecule has 2 aromatic heterocycles. The summed E-state index contributed by atoms with van der Waals surface area (Å²) in [5.74, 6) is -1.25. The van der Waals surface area contributed by atoms with Crippen LogP contribution >= 0.6 is 11.3 Å². The van der Waals surface area contributed by atoms with Crippen LogP contribution in [0.3, 0.4) is 0 Å². The smallest absolute Gasteiger partial charge is 0.315 e. The summed E-state index contributed by atoms with van der Waals surface area (Å²) >= 11 is 1.52. The van der Waals surface area contributed by atoms with Crippen molar-refractivity contribution in [1.82, 2.24) is 20.0 Å². The van der Waals surface area contributed by atoms with Crippen molar-refractivity contribution in [1.29, 1.82) is 0 Å². The van der Waals surface area contributed by atoms with Gasteiger partial charge in [-0.15, -0.1) is 11.3 Å². The maximum absolute atomic E-state index is 14.3. The zero-order valence-corrected chi connectivity index (χ0v) is 14.8. The predicted octanol–water partition coefficient (Wildman–Crippen LogP) is 3.94. The summed E-state index contributed by atoms with van der Waals surface area (Å²) in [6, 6.07) is 3.15. The second-order valence-corrected chi connectivity index (χ2v) is 7.42. The standard InChI is InChI=1S/C18H18F2N4OS/c19-12-3-4-14(15(20)9-12)18(5-1-2-6-18)23-16(25)21-10-13-11-24-7-8-26-17(24)22-13/h3-4,7-9,11H,1-2,5-6,10H2,(H2,21,23,25). The van der Waals surface area contributed by atoms with Crippen LogP contribution in [0.15, 0.2) is 36.0 Å². The first-order chi connectivity index (χ1) is 12.6. The zero-order chi connectivity index (χ0) is 18.1. The van der Waals surface area contributed by atoms with Gasteiger partial charge in [-0.3, -0.25) is 4.40 Å². The molecule has 26 heavy (non-hydrogen) atoms. The average Bonchev–Trinajstić information content (AvgIpc) is 3.29. The van der Waals surface area contributed by atoms with Crippen LogP contribution in [0.2, 0.25) is 0 Å². The molecule has 2 N–H and O–H groups in total. The lowest BCUT2D eigenvalue weighted by Gasteiger charge is -2.31. The van der Waals surface area contributed by atoms with Crippen LogP contribution in [0.1, 0.15) is 36.9 Å². The number of fused-ring (bicyclic) bond motifs is 1. The first kappa shape index (κ1) is 17.0. The largest absolute Gasteiger partial charge is 0.332 e. The van der Waals surface area contributed by atoms with Crippen LogP contribution in [0.5, 0.6) is 0 Å². The molecule has 1 saturated carbocycles. The number of thiazole rings is 1. The normalized spacial score (nSPS) is 16.1. The topological polar surface area (TPSA) is 58.4 Å². The van der Waals surface area contributed by atoms with Gasteiger partial charge in [0.25, 0.3) is 0 Å². The van der Waals surface area contributed by atoms with Gasteiger partial charge in [0.1, 0.15) is 11.6 Å². The third-order valence-corrected chi connectivity index (χ3v) is 5.60. The quantitative estimate of drug-likeness (QED) is 0.725. The second-order valence-electron chi connectivity index (χ2n) is 6.55. The first-order valence-electron chi connectivity index (χ1n) is 8.48. The fraction of sp³-hybridized carbons (Fsp3) is 0.333. The van der Waals surface area contributed by atoms with E-state index in [0.717, 1.165) is 29.6 Å². The SMILES string of the molecule is O=C(NCc1cn2ccsc2n1)NC1(c2ccc(F)cc2F)CCCC1. The van der Waals surface area contributed by atoms with Crippen molar-refractivity contribution in [3.8, 4) is 0 Å². The van der Waals surface area contributed by atoms with Crippen LogP contribution in [0.25, 0.3) is 4.96 Å². The van der Waals surface area contributed by atoms with Gasteiger partial charge in [-0.05, 0) is 18.9 Å². The highest BCUT2D eigenvalue weighted by Gasteiger charge is 2.39. The molecule has 136 valence electrons. The van der Waals surface area contributed by atoms with E-state index in [2.05, 4.69) is 15.6 Å². The summed E-state index contributed by atoms with van der Waals surface area (Å²) in [6.07, 6.45) is 6.79. The number of nitrogens with zero attached hydrogens (tertiary/aromatic N) is 2. The number of rotatable bonds is 4. The maximum Gasteiger partial charge on any atom is 0.315 e. The molecule has 0 saturated heterocycles. The Morgan fingerprint density at radius 3 is 2.85 bits per heavy atom. The van der Waals surface area contributed by atoms with Crippen LogP contribution in [0, 0.1) is 11.6 Å². The molecule has 0 aliphatic heterocycles. The van der Waals surface area contributed by atoms with Crippen molar-refractivity contribution in [3.05, 3.63) is 58.9 Å². The van der Waals surface area contributed by atoms with E-state index >= 15 is 0 Å². The van der Waals surface area contributed by atoms with Gasteiger partial charge in [-0.2, -0.15) is 0 Å². The van der Waals surface area contributed by atoms with E-state index in [4.69, 9.17) is 0 Å². The number of hydrogen-bond donors (Lipinski definition) is 2. The van der Waals surface area contributed by atoms with Crippen molar-refractivity contribution in [2.45, 2.75) is 37.8 Å². The van der Waals surface area contributed by atoms with E-state index in [1.54, 1.807) is 0 Å². The molecule has 0 radical (unpaired) electrons. The van der Waals surface area contributed by atoms with Gasteiger partial charge in [-0.25, -0.2) is 18.6 Å². The fourth-order valence-electron chi connectivity index (χ4n) is 3.61. The Labute approximate surface area is 153 Å². The van der Waals surface area contributed by atoms with Crippen LogP contribution in [0.4, 0.5) is 13.6 Å². The number of carbonyl (C=O) groups excluding carboxylic acids is 1. The second kappa shape index (κ2) is 6.68. The van der Waals surface area contributed by atoms with Gasteiger partial charge in [0, 0.05) is 29.4 Å². The lowest BCUT2D eigenvalue weighted by atomic mass is 9.87. The van der Waals surface area contributed by atoms with E-state index in [-0.39, 0.29) is 12.6 Å². The summed E-state index contributed by atoms with van der Waals surface area (Å²) in [5, 5.41) is 7.64. The van der Waals surface area contributed by atoms with Gasteiger partial charge < -0.3 is 10.6 Å². The molecule has 1 aliphatic rings. The summed E-state index contributed by atoms with van der Waals surface area (Å²) < 4.78 is 29.4. The molecular formula is C18H18F2N4OS. The average molecular weight is 376 g/mol. The zero-order valence-electron chi connectivity index (χ0n) is 14.0. The molecule has 0 atom stereocenters. The number of amides is 2. The van der Waals surface area contributed by atoms with E-state index in [1.165, 1.54) is 23.5 Å². The Balaban J connectivity index is 1.47. The predicted molar refractivity (Wildman–Crippen MR) is 94.9 cm³/mol. The van der Waals surface area contributed by atoms with Gasteiger partial charge >= 0.3 is 6.03 Å². The third kappa shape index (κ3) is 3.16. The van der Waals surface area contributed by atoms with E-state index in [0.29, 0.717) is 18.4 Å². The molecule has 0 spiro atoms. The van der Waals surface area contributed by atoms with Crippen LogP contribution in [-0.4, -0.2) is 15.4 Å². The lowest BCUT2D eigenvalue weighted by Crippen LogP contribution is -2.48. The number of urea groups is 1. The monoisotopic (exact) mass is 376 g/mol. The minimum absolute atomic E-state index is 0.280. The van der Waals surface area contributed by atoms with Gasteiger partial charge in [-0.1, -0.05) is 18.9 Å². The molecule has 4 rings (SSSR count). The number of carbonyl (C=O) groups is 1. The number of nitrogens with one attached hydrogen (secondary N) is 2.